The second-order valence-electron chi connectivity index (χ2n) is 8.59. The summed E-state index contributed by atoms with van der Waals surface area (Å²) in [6, 6.07) is 7.63. The molecule has 9 atom stereocenters. The van der Waals surface area contributed by atoms with Crippen LogP contribution in [0.3, 0.4) is 0 Å². The number of aliphatic hydroxyl groups is 7. The molecular weight excluding hydrogens is 432 g/mol. The second kappa shape index (κ2) is 12.2. The molecule has 0 spiro atoms. The highest BCUT2D eigenvalue weighted by Crippen LogP contribution is 2.25. The maximum Gasteiger partial charge on any atom is 0.111 e. The molecule has 0 aromatic heterocycles. The molecule has 184 valence electrons. The van der Waals surface area contributed by atoms with Gasteiger partial charge in [0.15, 0.2) is 0 Å². The van der Waals surface area contributed by atoms with E-state index < -0.39 is 61.5 Å². The predicted molar refractivity (Wildman–Crippen MR) is 120 cm³/mol. The van der Waals surface area contributed by atoms with Crippen molar-refractivity contribution in [2.24, 2.45) is 0 Å². The van der Waals surface area contributed by atoms with Crippen molar-refractivity contribution in [1.29, 1.82) is 0 Å². The Morgan fingerprint density at radius 1 is 0.727 bits per heavy atom. The Hall–Kier alpha value is -1.66. The second-order valence-corrected chi connectivity index (χ2v) is 8.59. The van der Waals surface area contributed by atoms with Gasteiger partial charge in [-0.3, -0.25) is 0 Å². The van der Waals surface area contributed by atoms with Gasteiger partial charge < -0.3 is 45.2 Å². The first-order valence-corrected chi connectivity index (χ1v) is 11.2. The molecule has 3 rings (SSSR count). The third-order valence-electron chi connectivity index (χ3n) is 6.11. The van der Waals surface area contributed by atoms with E-state index in [1.54, 1.807) is 6.08 Å². The monoisotopic (exact) mass is 466 g/mol. The molecule has 0 amide bonds. The molecule has 0 saturated carbocycles. The van der Waals surface area contributed by atoms with Gasteiger partial charge in [-0.15, -0.1) is 0 Å². The van der Waals surface area contributed by atoms with E-state index >= 15 is 0 Å². The third kappa shape index (κ3) is 6.69. The van der Waals surface area contributed by atoms with Crippen LogP contribution in [-0.2, 0) is 9.47 Å². The number of benzene rings is 1. The molecule has 2 aliphatic rings. The first-order valence-electron chi connectivity index (χ1n) is 11.2. The summed E-state index contributed by atoms with van der Waals surface area (Å²) in [7, 11) is 0. The van der Waals surface area contributed by atoms with Crippen LogP contribution in [0.2, 0.25) is 0 Å². The lowest BCUT2D eigenvalue weighted by Gasteiger charge is -2.39. The highest BCUT2D eigenvalue weighted by atomic mass is 16.5. The summed E-state index contributed by atoms with van der Waals surface area (Å²) in [4.78, 5) is 0. The summed E-state index contributed by atoms with van der Waals surface area (Å²) >= 11 is 0. The standard InChI is InChI=1S/C24H34O9/c25-12-16-11-17(27)21(28)18(32-16)8-2-6-14-4-1-5-15(10-14)7-3-9-19-22(29)24(31)23(30)20(13-26)33-19/h1-7,10,16-31H,8-9,11-13H2/b6-2+,7-3+/t16-,17-,18+,19+,20+,21-,22+,23+,24-/m0/s1. The van der Waals surface area contributed by atoms with Crippen molar-refractivity contribution in [2.75, 3.05) is 13.2 Å². The minimum absolute atomic E-state index is 0.204. The predicted octanol–water partition coefficient (Wildman–Crippen LogP) is -0.793. The molecular formula is C24H34O9. The topological polar surface area (TPSA) is 160 Å². The Kier molecular flexibility index (Phi) is 9.57. The van der Waals surface area contributed by atoms with Crippen LogP contribution < -0.4 is 0 Å². The van der Waals surface area contributed by atoms with Gasteiger partial charge in [-0.25, -0.2) is 0 Å². The summed E-state index contributed by atoms with van der Waals surface area (Å²) in [5, 5.41) is 68.4. The molecule has 1 aromatic rings. The zero-order valence-electron chi connectivity index (χ0n) is 18.3. The molecule has 7 N–H and O–H groups in total. The summed E-state index contributed by atoms with van der Waals surface area (Å²) in [5.74, 6) is 0. The van der Waals surface area contributed by atoms with E-state index in [9.17, 15) is 35.7 Å². The van der Waals surface area contributed by atoms with Gasteiger partial charge in [0, 0.05) is 6.42 Å². The van der Waals surface area contributed by atoms with Crippen LogP contribution in [0.25, 0.3) is 12.2 Å². The maximum atomic E-state index is 10.1. The van der Waals surface area contributed by atoms with Crippen LogP contribution in [0.1, 0.15) is 30.4 Å². The zero-order chi connectivity index (χ0) is 24.0. The molecule has 2 aliphatic heterocycles. The van der Waals surface area contributed by atoms with Crippen LogP contribution >= 0.6 is 0 Å². The van der Waals surface area contributed by atoms with E-state index in [4.69, 9.17) is 9.47 Å². The van der Waals surface area contributed by atoms with Gasteiger partial charge in [0.1, 0.15) is 30.5 Å². The Bertz CT molecular complexity index is 796. The van der Waals surface area contributed by atoms with Crippen molar-refractivity contribution in [3.05, 3.63) is 47.5 Å². The molecule has 0 bridgehead atoms. The summed E-state index contributed by atoms with van der Waals surface area (Å²) in [6.45, 7) is -0.663. The van der Waals surface area contributed by atoms with Gasteiger partial charge >= 0.3 is 0 Å². The average molecular weight is 467 g/mol. The van der Waals surface area contributed by atoms with E-state index in [2.05, 4.69) is 0 Å². The Labute approximate surface area is 192 Å². The van der Waals surface area contributed by atoms with Gasteiger partial charge in [0.2, 0.25) is 0 Å². The lowest BCUT2D eigenvalue weighted by atomic mass is 9.93. The van der Waals surface area contributed by atoms with Gasteiger partial charge in [0.25, 0.3) is 0 Å². The van der Waals surface area contributed by atoms with Crippen LogP contribution in [-0.4, -0.2) is 104 Å². The normalized spacial score (nSPS) is 37.7. The quantitative estimate of drug-likeness (QED) is 0.260. The minimum Gasteiger partial charge on any atom is -0.394 e. The Morgan fingerprint density at radius 2 is 1.30 bits per heavy atom. The molecule has 9 heteroatoms. The fraction of sp³-hybridized carbons (Fsp3) is 0.583. The van der Waals surface area contributed by atoms with Gasteiger partial charge in [0.05, 0.1) is 37.6 Å². The summed E-state index contributed by atoms with van der Waals surface area (Å²) in [5.41, 5.74) is 1.81. The highest BCUT2D eigenvalue weighted by molar-refractivity contribution is 5.57. The lowest BCUT2D eigenvalue weighted by molar-refractivity contribution is -0.227. The summed E-state index contributed by atoms with van der Waals surface area (Å²) in [6.07, 6.45) is -0.477. The van der Waals surface area contributed by atoms with E-state index in [-0.39, 0.29) is 19.4 Å². The fourth-order valence-electron chi connectivity index (χ4n) is 4.17. The SMILES string of the molecule is OC[C@@H]1C[C@H](O)[C@H](O)[C@@H](C/C=C/c2cccc(/C=C/C[C@H]3O[C@H](CO)[C@@H](O)[C@@H](O)[C@@H]3O)c2)O1. The van der Waals surface area contributed by atoms with Crippen molar-refractivity contribution in [3.63, 3.8) is 0 Å². The van der Waals surface area contributed by atoms with Crippen molar-refractivity contribution in [3.8, 4) is 0 Å². The highest BCUT2D eigenvalue weighted by Gasteiger charge is 2.42. The fourth-order valence-corrected chi connectivity index (χ4v) is 4.17. The van der Waals surface area contributed by atoms with E-state index in [1.165, 1.54) is 0 Å². The average Bonchev–Trinajstić information content (AvgIpc) is 2.82. The van der Waals surface area contributed by atoms with Gasteiger partial charge in [-0.2, -0.15) is 0 Å². The van der Waals surface area contributed by atoms with Crippen molar-refractivity contribution in [2.45, 2.75) is 74.2 Å². The molecule has 2 heterocycles. The molecule has 0 radical (unpaired) electrons. The number of rotatable bonds is 8. The van der Waals surface area contributed by atoms with Crippen LogP contribution in [0.15, 0.2) is 36.4 Å². The Morgan fingerprint density at radius 3 is 1.88 bits per heavy atom. The molecule has 2 saturated heterocycles. The number of aliphatic hydroxyl groups excluding tert-OH is 7. The third-order valence-corrected chi connectivity index (χ3v) is 6.11. The molecule has 1 aromatic carbocycles. The van der Waals surface area contributed by atoms with Crippen molar-refractivity contribution >= 4 is 12.2 Å². The van der Waals surface area contributed by atoms with Gasteiger partial charge in [-0.05, 0) is 30.0 Å². The van der Waals surface area contributed by atoms with E-state index in [0.29, 0.717) is 6.42 Å². The van der Waals surface area contributed by atoms with Crippen molar-refractivity contribution < 1.29 is 45.2 Å². The lowest BCUT2D eigenvalue weighted by Crippen LogP contribution is -2.58. The van der Waals surface area contributed by atoms with E-state index in [1.807, 2.05) is 42.5 Å². The number of ether oxygens (including phenoxy) is 2. The molecule has 0 unspecified atom stereocenters. The molecule has 2 fully saturated rings. The maximum absolute atomic E-state index is 10.1. The molecule has 9 nitrogen and oxygen atoms in total. The Balaban J connectivity index is 1.55. The first-order chi connectivity index (χ1) is 15.8. The van der Waals surface area contributed by atoms with Crippen LogP contribution in [0, 0.1) is 0 Å². The number of hydrogen-bond donors (Lipinski definition) is 7. The largest absolute Gasteiger partial charge is 0.394 e. The smallest absolute Gasteiger partial charge is 0.111 e. The van der Waals surface area contributed by atoms with Gasteiger partial charge in [-0.1, -0.05) is 42.5 Å². The van der Waals surface area contributed by atoms with E-state index in [0.717, 1.165) is 11.1 Å². The summed E-state index contributed by atoms with van der Waals surface area (Å²) < 4.78 is 11.1. The zero-order valence-corrected chi connectivity index (χ0v) is 18.3. The molecule has 0 aliphatic carbocycles. The molecule has 33 heavy (non-hydrogen) atoms. The van der Waals surface area contributed by atoms with Crippen molar-refractivity contribution in [1.82, 2.24) is 0 Å². The minimum atomic E-state index is -1.39. The van der Waals surface area contributed by atoms with Crippen LogP contribution in [0.4, 0.5) is 0 Å². The number of hydrogen-bond acceptors (Lipinski definition) is 9. The van der Waals surface area contributed by atoms with Crippen LogP contribution in [0.5, 0.6) is 0 Å². The first kappa shape index (κ1) is 26.0.